The van der Waals surface area contributed by atoms with E-state index < -0.39 is 0 Å². The summed E-state index contributed by atoms with van der Waals surface area (Å²) < 4.78 is 1.62. The Hall–Kier alpha value is -1.23. The minimum absolute atomic E-state index is 0.236. The maximum atomic E-state index is 12.4. The van der Waals surface area contributed by atoms with E-state index >= 15 is 0 Å². The van der Waals surface area contributed by atoms with Crippen molar-refractivity contribution in [3.05, 3.63) is 11.9 Å². The first-order valence-corrected chi connectivity index (χ1v) is 6.25. The summed E-state index contributed by atoms with van der Waals surface area (Å²) in [5.74, 6) is 0.236. The molecule has 1 aliphatic rings. The van der Waals surface area contributed by atoms with Crippen LogP contribution in [0.3, 0.4) is 0 Å². The second-order valence-corrected chi connectivity index (χ2v) is 5.03. The van der Waals surface area contributed by atoms with E-state index in [1.807, 2.05) is 0 Å². The SMILES string of the molecule is Cn1cc(CC(=O)C2(CN)CCCCC2)nn1. The molecule has 1 aromatic heterocycles. The van der Waals surface area contributed by atoms with Gasteiger partial charge in [0.1, 0.15) is 5.78 Å². The van der Waals surface area contributed by atoms with E-state index in [1.165, 1.54) is 6.42 Å². The monoisotopic (exact) mass is 236 g/mol. The first-order chi connectivity index (χ1) is 8.16. The van der Waals surface area contributed by atoms with Crippen LogP contribution in [0.25, 0.3) is 0 Å². The molecule has 5 heteroatoms. The fourth-order valence-electron chi connectivity index (χ4n) is 2.65. The second-order valence-electron chi connectivity index (χ2n) is 5.03. The Kier molecular flexibility index (Phi) is 3.57. The van der Waals surface area contributed by atoms with Crippen LogP contribution in [0.2, 0.25) is 0 Å². The number of carbonyl (C=O) groups excluding carboxylic acids is 1. The molecule has 1 saturated carbocycles. The third-order valence-electron chi connectivity index (χ3n) is 3.78. The Morgan fingerprint density at radius 1 is 1.47 bits per heavy atom. The van der Waals surface area contributed by atoms with Gasteiger partial charge in [0.05, 0.1) is 12.1 Å². The van der Waals surface area contributed by atoms with Crippen molar-refractivity contribution in [2.24, 2.45) is 18.2 Å². The highest BCUT2D eigenvalue weighted by Gasteiger charge is 2.37. The molecule has 0 unspecified atom stereocenters. The Morgan fingerprint density at radius 3 is 2.71 bits per heavy atom. The zero-order chi connectivity index (χ0) is 12.3. The van der Waals surface area contributed by atoms with Crippen molar-refractivity contribution in [2.75, 3.05) is 6.54 Å². The highest BCUT2D eigenvalue weighted by Crippen LogP contribution is 2.36. The van der Waals surface area contributed by atoms with Crippen molar-refractivity contribution in [2.45, 2.75) is 38.5 Å². The van der Waals surface area contributed by atoms with E-state index in [0.29, 0.717) is 13.0 Å². The zero-order valence-electron chi connectivity index (χ0n) is 10.4. The number of aromatic nitrogens is 3. The first kappa shape index (κ1) is 12.2. The molecule has 1 heterocycles. The topological polar surface area (TPSA) is 73.8 Å². The molecule has 0 spiro atoms. The van der Waals surface area contributed by atoms with E-state index in [4.69, 9.17) is 5.73 Å². The van der Waals surface area contributed by atoms with Crippen LogP contribution in [-0.2, 0) is 18.3 Å². The summed E-state index contributed by atoms with van der Waals surface area (Å²) in [4.78, 5) is 12.4. The van der Waals surface area contributed by atoms with Crippen LogP contribution in [0.15, 0.2) is 6.20 Å². The molecule has 1 aliphatic carbocycles. The van der Waals surface area contributed by atoms with Gasteiger partial charge in [-0.15, -0.1) is 5.10 Å². The fourth-order valence-corrected chi connectivity index (χ4v) is 2.65. The summed E-state index contributed by atoms with van der Waals surface area (Å²) in [5, 5.41) is 7.81. The molecule has 1 aromatic rings. The van der Waals surface area contributed by atoms with Gasteiger partial charge in [0.25, 0.3) is 0 Å². The number of rotatable bonds is 4. The number of hydrogen-bond donors (Lipinski definition) is 1. The minimum atomic E-state index is -0.296. The molecule has 5 nitrogen and oxygen atoms in total. The average Bonchev–Trinajstić information content (AvgIpc) is 2.75. The number of nitrogens with two attached hydrogens (primary N) is 1. The summed E-state index contributed by atoms with van der Waals surface area (Å²) in [7, 11) is 1.81. The van der Waals surface area contributed by atoms with Crippen molar-refractivity contribution in [1.82, 2.24) is 15.0 Å². The van der Waals surface area contributed by atoms with E-state index in [1.54, 1.807) is 17.9 Å². The number of carbonyl (C=O) groups is 1. The fraction of sp³-hybridized carbons (Fsp3) is 0.750. The summed E-state index contributed by atoms with van der Waals surface area (Å²) >= 11 is 0. The van der Waals surface area contributed by atoms with E-state index in [9.17, 15) is 4.79 Å². The van der Waals surface area contributed by atoms with Gasteiger partial charge in [-0.2, -0.15) is 0 Å². The zero-order valence-corrected chi connectivity index (χ0v) is 10.4. The van der Waals surface area contributed by atoms with Crippen LogP contribution in [-0.4, -0.2) is 27.3 Å². The smallest absolute Gasteiger partial charge is 0.146 e. The van der Waals surface area contributed by atoms with Crippen LogP contribution in [0.4, 0.5) is 0 Å². The quantitative estimate of drug-likeness (QED) is 0.840. The van der Waals surface area contributed by atoms with E-state index in [0.717, 1.165) is 31.4 Å². The molecule has 2 N–H and O–H groups in total. The van der Waals surface area contributed by atoms with Gasteiger partial charge in [-0.05, 0) is 12.8 Å². The molecule has 0 radical (unpaired) electrons. The van der Waals surface area contributed by atoms with Crippen LogP contribution in [0, 0.1) is 5.41 Å². The summed E-state index contributed by atoms with van der Waals surface area (Å²) in [6.07, 6.45) is 7.48. The molecule has 0 aromatic carbocycles. The average molecular weight is 236 g/mol. The van der Waals surface area contributed by atoms with Crippen LogP contribution in [0.5, 0.6) is 0 Å². The summed E-state index contributed by atoms with van der Waals surface area (Å²) in [6.45, 7) is 0.464. The molecule has 17 heavy (non-hydrogen) atoms. The predicted molar refractivity (Wildman–Crippen MR) is 64.3 cm³/mol. The van der Waals surface area contributed by atoms with Crippen molar-refractivity contribution in [3.8, 4) is 0 Å². The minimum Gasteiger partial charge on any atom is -0.329 e. The molecule has 2 rings (SSSR count). The van der Waals surface area contributed by atoms with Crippen molar-refractivity contribution >= 4 is 5.78 Å². The van der Waals surface area contributed by atoms with Gasteiger partial charge < -0.3 is 5.73 Å². The first-order valence-electron chi connectivity index (χ1n) is 6.25. The molecular formula is C12H20N4O. The number of nitrogens with zero attached hydrogens (tertiary/aromatic N) is 3. The van der Waals surface area contributed by atoms with Crippen LogP contribution in [0.1, 0.15) is 37.8 Å². The van der Waals surface area contributed by atoms with Crippen LogP contribution >= 0.6 is 0 Å². The Bertz CT molecular complexity index is 393. The lowest BCUT2D eigenvalue weighted by molar-refractivity contribution is -0.129. The number of ketones is 1. The maximum Gasteiger partial charge on any atom is 0.146 e. The van der Waals surface area contributed by atoms with Gasteiger partial charge in [0, 0.05) is 25.2 Å². The highest BCUT2D eigenvalue weighted by molar-refractivity contribution is 5.86. The van der Waals surface area contributed by atoms with Gasteiger partial charge in [-0.1, -0.05) is 24.5 Å². The molecule has 0 saturated heterocycles. The van der Waals surface area contributed by atoms with E-state index in [-0.39, 0.29) is 11.2 Å². The maximum absolute atomic E-state index is 12.4. The lowest BCUT2D eigenvalue weighted by atomic mass is 9.70. The molecule has 1 fully saturated rings. The third kappa shape index (κ3) is 2.54. The van der Waals surface area contributed by atoms with Gasteiger partial charge in [-0.25, -0.2) is 0 Å². The summed E-state index contributed by atoms with van der Waals surface area (Å²) in [6, 6.07) is 0. The Labute approximate surface area is 101 Å². The van der Waals surface area contributed by atoms with Crippen molar-refractivity contribution in [1.29, 1.82) is 0 Å². The van der Waals surface area contributed by atoms with Gasteiger partial charge >= 0.3 is 0 Å². The molecule has 94 valence electrons. The molecular weight excluding hydrogens is 216 g/mol. The number of aryl methyl sites for hydroxylation is 1. The summed E-state index contributed by atoms with van der Waals surface area (Å²) in [5.41, 5.74) is 6.29. The molecule has 0 amide bonds. The Morgan fingerprint density at radius 2 is 2.18 bits per heavy atom. The standard InChI is InChI=1S/C12H20N4O/c1-16-8-10(14-15-16)7-11(17)12(9-13)5-3-2-4-6-12/h8H,2-7,9,13H2,1H3. The lowest BCUT2D eigenvalue weighted by Gasteiger charge is -2.34. The third-order valence-corrected chi connectivity index (χ3v) is 3.78. The number of Topliss-reactive ketones (excluding diaryl/α,β-unsaturated/α-hetero) is 1. The van der Waals surface area contributed by atoms with Gasteiger partial charge in [-0.3, -0.25) is 9.48 Å². The largest absolute Gasteiger partial charge is 0.329 e. The van der Waals surface area contributed by atoms with Crippen molar-refractivity contribution < 1.29 is 4.79 Å². The second kappa shape index (κ2) is 4.96. The lowest BCUT2D eigenvalue weighted by Crippen LogP contribution is -2.41. The normalized spacial score (nSPS) is 19.2. The number of hydrogen-bond acceptors (Lipinski definition) is 4. The van der Waals surface area contributed by atoms with Crippen molar-refractivity contribution in [3.63, 3.8) is 0 Å². The predicted octanol–water partition coefficient (Wildman–Crippen LogP) is 0.836. The molecule has 0 bridgehead atoms. The molecule has 0 atom stereocenters. The highest BCUT2D eigenvalue weighted by atomic mass is 16.1. The van der Waals surface area contributed by atoms with Gasteiger partial charge in [0.15, 0.2) is 0 Å². The van der Waals surface area contributed by atoms with Crippen LogP contribution < -0.4 is 5.73 Å². The molecule has 0 aliphatic heterocycles. The van der Waals surface area contributed by atoms with E-state index in [2.05, 4.69) is 10.3 Å². The van der Waals surface area contributed by atoms with Gasteiger partial charge in [0.2, 0.25) is 0 Å². The Balaban J connectivity index is 2.07.